The van der Waals surface area contributed by atoms with Crippen LogP contribution >= 0.6 is 0 Å². The van der Waals surface area contributed by atoms with Gasteiger partial charge in [-0.3, -0.25) is 10.0 Å². The van der Waals surface area contributed by atoms with E-state index in [9.17, 15) is 18.8 Å². The molecule has 3 rings (SSSR count). The maximum Gasteiger partial charge on any atom is 0.296 e. The van der Waals surface area contributed by atoms with Gasteiger partial charge in [0.15, 0.2) is 11.6 Å². The molecule has 2 aromatic rings. The van der Waals surface area contributed by atoms with E-state index in [2.05, 4.69) is 10.3 Å². The molecule has 7 heteroatoms. The topological polar surface area (TPSA) is 65.5 Å². The van der Waals surface area contributed by atoms with Crippen LogP contribution in [0.3, 0.4) is 0 Å². The standard InChI is InChI=1S/C15H13F2N3O2/c16-11-3-1-9(7-12(11)17)8-18-13-4-2-10-5-6-20(22)15(21)14(10)19-13/h1-4,7,22H,5-6,8H2,(H,18,19). The molecule has 2 N–H and O–H groups in total. The molecule has 114 valence electrons. The van der Waals surface area contributed by atoms with E-state index in [0.717, 1.165) is 17.7 Å². The van der Waals surface area contributed by atoms with E-state index in [-0.39, 0.29) is 18.8 Å². The molecule has 22 heavy (non-hydrogen) atoms. The van der Waals surface area contributed by atoms with E-state index < -0.39 is 17.5 Å². The Morgan fingerprint density at radius 2 is 2.05 bits per heavy atom. The van der Waals surface area contributed by atoms with Crippen molar-refractivity contribution in [3.05, 3.63) is 58.8 Å². The number of carbonyl (C=O) groups is 1. The Labute approximate surface area is 125 Å². The lowest BCUT2D eigenvalue weighted by atomic mass is 10.1. The minimum atomic E-state index is -0.913. The summed E-state index contributed by atoms with van der Waals surface area (Å²) in [4.78, 5) is 16.0. The number of hydroxylamine groups is 2. The lowest BCUT2D eigenvalue weighted by molar-refractivity contribution is -0.0607. The number of nitrogens with zero attached hydrogens (tertiary/aromatic N) is 2. The van der Waals surface area contributed by atoms with Crippen molar-refractivity contribution < 1.29 is 18.8 Å². The SMILES string of the molecule is O=C1c2nc(NCc3ccc(F)c(F)c3)ccc2CCN1O. The molecule has 0 atom stereocenters. The predicted octanol–water partition coefficient (Wildman–Crippen LogP) is 2.36. The van der Waals surface area contributed by atoms with Crippen LogP contribution in [0.15, 0.2) is 30.3 Å². The molecule has 1 amide bonds. The van der Waals surface area contributed by atoms with Gasteiger partial charge >= 0.3 is 0 Å². The fraction of sp³-hybridized carbons (Fsp3) is 0.200. The van der Waals surface area contributed by atoms with Gasteiger partial charge in [-0.25, -0.2) is 18.8 Å². The van der Waals surface area contributed by atoms with Gasteiger partial charge in [-0.15, -0.1) is 0 Å². The average molecular weight is 305 g/mol. The second-order valence-corrected chi connectivity index (χ2v) is 4.98. The Morgan fingerprint density at radius 1 is 1.23 bits per heavy atom. The molecule has 5 nitrogen and oxygen atoms in total. The summed E-state index contributed by atoms with van der Waals surface area (Å²) in [5.74, 6) is -1.93. The molecule has 1 aromatic carbocycles. The third-order valence-corrected chi connectivity index (χ3v) is 3.47. The van der Waals surface area contributed by atoms with Crippen LogP contribution in [-0.2, 0) is 13.0 Å². The monoisotopic (exact) mass is 305 g/mol. The number of carbonyl (C=O) groups excluding carboxylic acids is 1. The van der Waals surface area contributed by atoms with Crippen LogP contribution in [0.4, 0.5) is 14.6 Å². The predicted molar refractivity (Wildman–Crippen MR) is 74.4 cm³/mol. The molecule has 0 unspecified atom stereocenters. The highest BCUT2D eigenvalue weighted by atomic mass is 19.2. The Balaban J connectivity index is 1.76. The van der Waals surface area contributed by atoms with E-state index in [0.29, 0.717) is 22.9 Å². The highest BCUT2D eigenvalue weighted by Crippen LogP contribution is 2.19. The smallest absolute Gasteiger partial charge is 0.296 e. The number of hydrogen-bond acceptors (Lipinski definition) is 4. The quantitative estimate of drug-likeness (QED) is 0.854. The lowest BCUT2D eigenvalue weighted by Gasteiger charge is -2.22. The zero-order valence-electron chi connectivity index (χ0n) is 11.5. The third-order valence-electron chi connectivity index (χ3n) is 3.47. The summed E-state index contributed by atoms with van der Waals surface area (Å²) in [5, 5.41) is 13.0. The van der Waals surface area contributed by atoms with Crippen LogP contribution in [0, 0.1) is 11.6 Å². The largest absolute Gasteiger partial charge is 0.366 e. The van der Waals surface area contributed by atoms with Crippen molar-refractivity contribution >= 4 is 11.7 Å². The van der Waals surface area contributed by atoms with Crippen molar-refractivity contribution in [3.8, 4) is 0 Å². The van der Waals surface area contributed by atoms with E-state index in [1.165, 1.54) is 6.07 Å². The zero-order valence-corrected chi connectivity index (χ0v) is 11.5. The van der Waals surface area contributed by atoms with Crippen LogP contribution in [0.1, 0.15) is 21.6 Å². The summed E-state index contributed by atoms with van der Waals surface area (Å²) >= 11 is 0. The van der Waals surface area contributed by atoms with Crippen molar-refractivity contribution in [2.24, 2.45) is 0 Å². The van der Waals surface area contributed by atoms with Gasteiger partial charge in [0, 0.05) is 6.54 Å². The normalized spacial score (nSPS) is 14.0. The molecule has 1 aliphatic rings. The first-order valence-electron chi connectivity index (χ1n) is 6.73. The molecular weight excluding hydrogens is 292 g/mol. The number of hydrogen-bond donors (Lipinski definition) is 2. The fourth-order valence-corrected chi connectivity index (χ4v) is 2.27. The molecule has 0 saturated heterocycles. The molecule has 0 aliphatic carbocycles. The highest BCUT2D eigenvalue weighted by Gasteiger charge is 2.24. The minimum absolute atomic E-state index is 0.198. The number of pyridine rings is 1. The molecule has 0 bridgehead atoms. The Hall–Kier alpha value is -2.54. The van der Waals surface area contributed by atoms with Gasteiger partial charge in [-0.05, 0) is 35.7 Å². The van der Waals surface area contributed by atoms with Gasteiger partial charge in [-0.1, -0.05) is 12.1 Å². The maximum atomic E-state index is 13.1. The number of amides is 1. The molecule has 1 aliphatic heterocycles. The van der Waals surface area contributed by atoms with Crippen molar-refractivity contribution in [2.75, 3.05) is 11.9 Å². The molecule has 1 aromatic heterocycles. The van der Waals surface area contributed by atoms with E-state index in [1.54, 1.807) is 12.1 Å². The van der Waals surface area contributed by atoms with Gasteiger partial charge in [0.25, 0.3) is 5.91 Å². The summed E-state index contributed by atoms with van der Waals surface area (Å²) in [5.41, 5.74) is 1.52. The zero-order chi connectivity index (χ0) is 15.7. The van der Waals surface area contributed by atoms with Gasteiger partial charge in [0.05, 0.1) is 6.54 Å². The summed E-state index contributed by atoms with van der Waals surface area (Å²) in [6, 6.07) is 7.09. The molecule has 0 radical (unpaired) electrons. The molecule has 0 spiro atoms. The summed E-state index contributed by atoms with van der Waals surface area (Å²) in [6.45, 7) is 0.481. The number of anilines is 1. The van der Waals surface area contributed by atoms with Gasteiger partial charge in [0.2, 0.25) is 0 Å². The van der Waals surface area contributed by atoms with Gasteiger partial charge in [-0.2, -0.15) is 0 Å². The number of fused-ring (bicyclic) bond motifs is 1. The Morgan fingerprint density at radius 3 is 2.82 bits per heavy atom. The van der Waals surface area contributed by atoms with E-state index in [1.807, 2.05) is 0 Å². The minimum Gasteiger partial charge on any atom is -0.366 e. The fourth-order valence-electron chi connectivity index (χ4n) is 2.27. The molecule has 2 heterocycles. The summed E-state index contributed by atoms with van der Waals surface area (Å²) in [7, 11) is 0. The molecule has 0 saturated carbocycles. The number of nitrogens with one attached hydrogen (secondary N) is 1. The van der Waals surface area contributed by atoms with Crippen molar-refractivity contribution in [1.82, 2.24) is 10.0 Å². The number of benzene rings is 1. The number of halogens is 2. The van der Waals surface area contributed by atoms with Crippen LogP contribution in [-0.4, -0.2) is 27.7 Å². The Kier molecular flexibility index (Phi) is 3.72. The van der Waals surface area contributed by atoms with E-state index in [4.69, 9.17) is 0 Å². The van der Waals surface area contributed by atoms with Crippen LogP contribution in [0.2, 0.25) is 0 Å². The first kappa shape index (κ1) is 14.4. The summed E-state index contributed by atoms with van der Waals surface area (Å²) < 4.78 is 26.0. The van der Waals surface area contributed by atoms with Crippen LogP contribution in [0.25, 0.3) is 0 Å². The second-order valence-electron chi connectivity index (χ2n) is 4.98. The van der Waals surface area contributed by atoms with Gasteiger partial charge in [0.1, 0.15) is 11.5 Å². The Bertz CT molecular complexity index is 737. The number of rotatable bonds is 3. The van der Waals surface area contributed by atoms with Crippen LogP contribution < -0.4 is 5.32 Å². The first-order chi connectivity index (χ1) is 10.5. The highest BCUT2D eigenvalue weighted by molar-refractivity contribution is 5.94. The molecule has 0 fully saturated rings. The average Bonchev–Trinajstić information content (AvgIpc) is 2.52. The van der Waals surface area contributed by atoms with Crippen molar-refractivity contribution in [2.45, 2.75) is 13.0 Å². The first-order valence-corrected chi connectivity index (χ1v) is 6.73. The van der Waals surface area contributed by atoms with E-state index >= 15 is 0 Å². The maximum absolute atomic E-state index is 13.1. The van der Waals surface area contributed by atoms with Crippen molar-refractivity contribution in [3.63, 3.8) is 0 Å². The van der Waals surface area contributed by atoms with Crippen molar-refractivity contribution in [1.29, 1.82) is 0 Å². The summed E-state index contributed by atoms with van der Waals surface area (Å²) in [6.07, 6.45) is 0.536. The van der Waals surface area contributed by atoms with Crippen LogP contribution in [0.5, 0.6) is 0 Å². The lowest BCUT2D eigenvalue weighted by Crippen LogP contribution is -2.35. The molecular formula is C15H13F2N3O2. The number of aromatic nitrogens is 1. The second kappa shape index (κ2) is 5.69. The third kappa shape index (κ3) is 2.75. The van der Waals surface area contributed by atoms with Gasteiger partial charge < -0.3 is 5.32 Å².